The van der Waals surface area contributed by atoms with Gasteiger partial charge < -0.3 is 10.7 Å². The second-order valence-corrected chi connectivity index (χ2v) is 3.61. The fraction of sp³-hybridized carbons (Fsp3) is 0.500. The number of halogens is 1. The van der Waals surface area contributed by atoms with E-state index < -0.39 is 0 Å². The average Bonchev–Trinajstić information content (AvgIpc) is 2.65. The molecule has 0 radical (unpaired) electrons. The second kappa shape index (κ2) is 5.17. The molecule has 78 valence electrons. The van der Waals surface area contributed by atoms with Crippen LogP contribution >= 0.6 is 11.6 Å². The lowest BCUT2D eigenvalue weighted by Gasteiger charge is -2.05. The molecule has 14 heavy (non-hydrogen) atoms. The Morgan fingerprint density at radius 2 is 2.43 bits per heavy atom. The normalized spacial score (nSPS) is 12.8. The minimum absolute atomic E-state index is 0.0249. The maximum absolute atomic E-state index is 11.2. The lowest BCUT2D eigenvalue weighted by atomic mass is 10.1. The van der Waals surface area contributed by atoms with Crippen molar-refractivity contribution < 1.29 is 4.79 Å². The van der Waals surface area contributed by atoms with Gasteiger partial charge in [0.1, 0.15) is 0 Å². The molecule has 3 nitrogen and oxygen atoms in total. The van der Waals surface area contributed by atoms with Gasteiger partial charge in [0.25, 0.3) is 0 Å². The standard InChI is InChI=1S/C10H15ClN2O/c1-2-8(12)4-9-3-7(6-13-9)10(14)5-11/h3,6,8,13H,2,4-5,12H2,1H3. The van der Waals surface area contributed by atoms with Gasteiger partial charge in [-0.15, -0.1) is 11.6 Å². The smallest absolute Gasteiger partial charge is 0.179 e. The van der Waals surface area contributed by atoms with Crippen LogP contribution in [-0.2, 0) is 6.42 Å². The zero-order valence-electron chi connectivity index (χ0n) is 8.22. The summed E-state index contributed by atoms with van der Waals surface area (Å²) in [5.41, 5.74) is 7.42. The van der Waals surface area contributed by atoms with Gasteiger partial charge in [-0.1, -0.05) is 6.92 Å². The molecule has 1 aromatic heterocycles. The molecular weight excluding hydrogens is 200 g/mol. The van der Waals surface area contributed by atoms with Crippen LogP contribution < -0.4 is 5.73 Å². The monoisotopic (exact) mass is 214 g/mol. The number of hydrogen-bond acceptors (Lipinski definition) is 2. The van der Waals surface area contributed by atoms with Crippen molar-refractivity contribution in [1.82, 2.24) is 4.98 Å². The van der Waals surface area contributed by atoms with Gasteiger partial charge in [-0.25, -0.2) is 0 Å². The van der Waals surface area contributed by atoms with Crippen molar-refractivity contribution in [2.24, 2.45) is 5.73 Å². The summed E-state index contributed by atoms with van der Waals surface area (Å²) >= 11 is 5.44. The highest BCUT2D eigenvalue weighted by atomic mass is 35.5. The lowest BCUT2D eigenvalue weighted by molar-refractivity contribution is 0.102. The van der Waals surface area contributed by atoms with E-state index in [4.69, 9.17) is 17.3 Å². The van der Waals surface area contributed by atoms with Gasteiger partial charge >= 0.3 is 0 Å². The molecule has 1 unspecified atom stereocenters. The van der Waals surface area contributed by atoms with Crippen LogP contribution in [0.1, 0.15) is 29.4 Å². The summed E-state index contributed by atoms with van der Waals surface area (Å²) in [6, 6.07) is 1.97. The molecular formula is C10H15ClN2O. The number of aromatic amines is 1. The van der Waals surface area contributed by atoms with Crippen molar-refractivity contribution in [2.45, 2.75) is 25.8 Å². The third kappa shape index (κ3) is 2.86. The molecule has 0 bridgehead atoms. The molecule has 1 rings (SSSR count). The molecule has 1 atom stereocenters. The minimum Gasteiger partial charge on any atom is -0.364 e. The summed E-state index contributed by atoms with van der Waals surface area (Å²) in [6.07, 6.45) is 3.38. The SMILES string of the molecule is CCC(N)Cc1cc(C(=O)CCl)c[nH]1. The summed E-state index contributed by atoms with van der Waals surface area (Å²) in [4.78, 5) is 14.2. The zero-order valence-corrected chi connectivity index (χ0v) is 8.97. The van der Waals surface area contributed by atoms with Crippen LogP contribution in [0.5, 0.6) is 0 Å². The van der Waals surface area contributed by atoms with Crippen molar-refractivity contribution in [3.8, 4) is 0 Å². The molecule has 1 aromatic rings. The first-order chi connectivity index (χ1) is 6.67. The van der Waals surface area contributed by atoms with Crippen LogP contribution in [0.4, 0.5) is 0 Å². The van der Waals surface area contributed by atoms with E-state index in [1.165, 1.54) is 0 Å². The molecule has 3 N–H and O–H groups in total. The summed E-state index contributed by atoms with van der Waals surface area (Å²) in [5, 5.41) is 0. The second-order valence-electron chi connectivity index (χ2n) is 3.34. The highest BCUT2D eigenvalue weighted by Gasteiger charge is 2.08. The molecule has 4 heteroatoms. The molecule has 0 saturated heterocycles. The fourth-order valence-corrected chi connectivity index (χ4v) is 1.38. The molecule has 1 heterocycles. The van der Waals surface area contributed by atoms with E-state index in [-0.39, 0.29) is 17.7 Å². The molecule has 0 amide bonds. The first kappa shape index (κ1) is 11.3. The summed E-state index contributed by atoms with van der Waals surface area (Å²) in [5.74, 6) is -0.0313. The maximum Gasteiger partial charge on any atom is 0.179 e. The Balaban J connectivity index is 2.63. The van der Waals surface area contributed by atoms with Crippen LogP contribution in [0.25, 0.3) is 0 Å². The highest BCUT2D eigenvalue weighted by molar-refractivity contribution is 6.30. The predicted molar refractivity (Wildman–Crippen MR) is 57.8 cm³/mol. The van der Waals surface area contributed by atoms with Crippen molar-refractivity contribution in [3.63, 3.8) is 0 Å². The number of Topliss-reactive ketones (excluding diaryl/α,β-unsaturated/α-hetero) is 1. The van der Waals surface area contributed by atoms with Gasteiger partial charge in [-0.05, 0) is 12.5 Å². The Labute approximate surface area is 88.6 Å². The predicted octanol–water partition coefficient (Wildman–Crippen LogP) is 1.72. The molecule has 0 spiro atoms. The van der Waals surface area contributed by atoms with Gasteiger partial charge in [-0.3, -0.25) is 4.79 Å². The number of nitrogens with one attached hydrogen (secondary N) is 1. The molecule has 0 aromatic carbocycles. The first-order valence-corrected chi connectivity index (χ1v) is 5.22. The Morgan fingerprint density at radius 1 is 1.71 bits per heavy atom. The minimum atomic E-state index is -0.0563. The van der Waals surface area contributed by atoms with Gasteiger partial charge in [0.05, 0.1) is 5.88 Å². The summed E-state index contributed by atoms with van der Waals surface area (Å²) < 4.78 is 0. The van der Waals surface area contributed by atoms with E-state index >= 15 is 0 Å². The molecule has 0 saturated carbocycles. The highest BCUT2D eigenvalue weighted by Crippen LogP contribution is 2.08. The Bertz CT molecular complexity index is 309. The van der Waals surface area contributed by atoms with E-state index in [9.17, 15) is 4.79 Å². The molecule has 0 aliphatic rings. The first-order valence-electron chi connectivity index (χ1n) is 4.69. The van der Waals surface area contributed by atoms with E-state index in [0.29, 0.717) is 5.56 Å². The number of hydrogen-bond donors (Lipinski definition) is 2. The van der Waals surface area contributed by atoms with Gasteiger partial charge in [0.15, 0.2) is 5.78 Å². The average molecular weight is 215 g/mol. The van der Waals surface area contributed by atoms with E-state index in [1.54, 1.807) is 6.20 Å². The Hall–Kier alpha value is -0.800. The van der Waals surface area contributed by atoms with Gasteiger partial charge in [0, 0.05) is 29.9 Å². The van der Waals surface area contributed by atoms with Crippen molar-refractivity contribution in [3.05, 3.63) is 23.5 Å². The number of carbonyl (C=O) groups excluding carboxylic acids is 1. The van der Waals surface area contributed by atoms with E-state index in [1.807, 2.05) is 13.0 Å². The quantitative estimate of drug-likeness (QED) is 0.579. The van der Waals surface area contributed by atoms with E-state index in [2.05, 4.69) is 4.98 Å². The van der Waals surface area contributed by atoms with Crippen molar-refractivity contribution in [1.29, 1.82) is 0 Å². The largest absolute Gasteiger partial charge is 0.364 e. The molecule has 0 fully saturated rings. The summed E-state index contributed by atoms with van der Waals surface area (Å²) in [6.45, 7) is 2.04. The van der Waals surface area contributed by atoms with E-state index in [0.717, 1.165) is 18.5 Å². The number of aromatic nitrogens is 1. The van der Waals surface area contributed by atoms with Gasteiger partial charge in [-0.2, -0.15) is 0 Å². The van der Waals surface area contributed by atoms with Crippen molar-refractivity contribution >= 4 is 17.4 Å². The number of H-pyrrole nitrogens is 1. The summed E-state index contributed by atoms with van der Waals surface area (Å²) in [7, 11) is 0. The number of carbonyl (C=O) groups is 1. The third-order valence-electron chi connectivity index (χ3n) is 2.19. The van der Waals surface area contributed by atoms with Crippen LogP contribution in [0.15, 0.2) is 12.3 Å². The number of alkyl halides is 1. The number of nitrogens with two attached hydrogens (primary N) is 1. The molecule has 0 aliphatic heterocycles. The van der Waals surface area contributed by atoms with Crippen LogP contribution in [-0.4, -0.2) is 22.7 Å². The van der Waals surface area contributed by atoms with Crippen molar-refractivity contribution in [2.75, 3.05) is 5.88 Å². The van der Waals surface area contributed by atoms with Crippen LogP contribution in [0, 0.1) is 0 Å². The Kier molecular flexibility index (Phi) is 4.17. The lowest BCUT2D eigenvalue weighted by Crippen LogP contribution is -2.21. The number of rotatable bonds is 5. The topological polar surface area (TPSA) is 58.9 Å². The van der Waals surface area contributed by atoms with Crippen LogP contribution in [0.2, 0.25) is 0 Å². The maximum atomic E-state index is 11.2. The zero-order chi connectivity index (χ0) is 10.6. The number of ketones is 1. The van der Waals surface area contributed by atoms with Crippen LogP contribution in [0.3, 0.4) is 0 Å². The Morgan fingerprint density at radius 3 is 3.00 bits per heavy atom. The van der Waals surface area contributed by atoms with Gasteiger partial charge in [0.2, 0.25) is 0 Å². The fourth-order valence-electron chi connectivity index (χ4n) is 1.22. The third-order valence-corrected chi connectivity index (χ3v) is 2.44. The molecule has 0 aliphatic carbocycles.